The van der Waals surface area contributed by atoms with Gasteiger partial charge in [-0.05, 0) is 42.6 Å². The first-order valence-electron chi connectivity index (χ1n) is 10.1. The molecule has 1 aliphatic rings. The highest BCUT2D eigenvalue weighted by molar-refractivity contribution is 6.30. The van der Waals surface area contributed by atoms with Crippen molar-refractivity contribution < 1.29 is 10.0 Å². The molecule has 0 unspecified atom stereocenters. The van der Waals surface area contributed by atoms with E-state index in [0.717, 1.165) is 50.6 Å². The quantitative estimate of drug-likeness (QED) is 0.372. The highest BCUT2D eigenvalue weighted by Crippen LogP contribution is 2.30. The van der Waals surface area contributed by atoms with Crippen molar-refractivity contribution in [3.8, 4) is 0 Å². The molecule has 0 aromatic heterocycles. The average Bonchev–Trinajstić information content (AvgIpc) is 2.74. The number of hydroxylamine groups is 2. The summed E-state index contributed by atoms with van der Waals surface area (Å²) in [6, 6.07) is 18.2. The maximum absolute atomic E-state index is 10.8. The maximum atomic E-state index is 10.8. The Morgan fingerprint density at radius 3 is 2.20 bits per heavy atom. The lowest BCUT2D eigenvalue weighted by atomic mass is 9.96. The number of urea groups is 1. The van der Waals surface area contributed by atoms with Gasteiger partial charge in [-0.1, -0.05) is 61.5 Å². The second kappa shape index (κ2) is 11.9. The van der Waals surface area contributed by atoms with E-state index >= 15 is 0 Å². The van der Waals surface area contributed by atoms with E-state index in [4.69, 9.17) is 17.3 Å². The number of unbranched alkanes of at least 4 members (excludes halogenated alkanes) is 1. The summed E-state index contributed by atoms with van der Waals surface area (Å²) in [5, 5.41) is 10.7. The summed E-state index contributed by atoms with van der Waals surface area (Å²) in [5.41, 5.74) is 7.57. The topological polar surface area (TPSA) is 73.0 Å². The molecule has 30 heavy (non-hydrogen) atoms. The average molecular weight is 433 g/mol. The van der Waals surface area contributed by atoms with Crippen molar-refractivity contribution in [3.63, 3.8) is 0 Å². The molecule has 1 saturated heterocycles. The van der Waals surface area contributed by atoms with E-state index in [1.54, 1.807) is 0 Å². The molecule has 0 saturated carbocycles. The zero-order valence-electron chi connectivity index (χ0n) is 16.6. The van der Waals surface area contributed by atoms with Gasteiger partial charge in [0.15, 0.2) is 0 Å². The Morgan fingerprint density at radius 2 is 1.60 bits per heavy atom. The van der Waals surface area contributed by atoms with Crippen LogP contribution in [0.25, 0.3) is 0 Å². The van der Waals surface area contributed by atoms with Crippen molar-refractivity contribution >= 4 is 17.6 Å². The summed E-state index contributed by atoms with van der Waals surface area (Å²) >= 11 is 6.10. The maximum Gasteiger partial charge on any atom is 0.338 e. The van der Waals surface area contributed by atoms with Gasteiger partial charge >= 0.3 is 6.03 Å². The number of halogens is 1. The normalized spacial score (nSPS) is 15.9. The van der Waals surface area contributed by atoms with Gasteiger partial charge in [-0.3, -0.25) is 10.1 Å². The zero-order valence-corrected chi connectivity index (χ0v) is 17.3. The molecule has 1 atom stereocenters. The number of benzene rings is 2. The molecule has 1 heterocycles. The molecule has 164 valence electrons. The molecule has 2 aromatic carbocycles. The van der Waals surface area contributed by atoms with E-state index in [-0.39, 0.29) is 20.0 Å². The van der Waals surface area contributed by atoms with E-state index in [9.17, 15) is 10.0 Å². The molecule has 0 aliphatic carbocycles. The van der Waals surface area contributed by atoms with Gasteiger partial charge in [0.25, 0.3) is 0 Å². The third-order valence-electron chi connectivity index (χ3n) is 5.42. The molecule has 3 N–H and O–H groups in total. The van der Waals surface area contributed by atoms with E-state index in [0.29, 0.717) is 5.06 Å². The lowest BCUT2D eigenvalue weighted by molar-refractivity contribution is -0.0407. The molecular formula is C23H33ClN4O2. The standard InChI is InChI=1S/C22H29ClN4O2.CH4/c23-20-10-8-19(9-11-20)21(18-6-2-1-3-7-18)26-16-14-25(15-17-26)12-4-5-13-27(29)22(24)28;/h1-3,6-11,21,29H,4-5,12-17H2,(H2,24,28);1H4/t21-;/m1./s1. The van der Waals surface area contributed by atoms with Crippen molar-refractivity contribution in [2.75, 3.05) is 39.3 Å². The molecule has 7 heteroatoms. The van der Waals surface area contributed by atoms with Gasteiger partial charge in [0.2, 0.25) is 0 Å². The van der Waals surface area contributed by atoms with Gasteiger partial charge in [-0.15, -0.1) is 0 Å². The number of nitrogens with zero attached hydrogens (tertiary/aromatic N) is 3. The Bertz CT molecular complexity index is 765. The fourth-order valence-electron chi connectivity index (χ4n) is 3.85. The van der Waals surface area contributed by atoms with Crippen molar-refractivity contribution in [1.82, 2.24) is 14.9 Å². The number of hydrogen-bond acceptors (Lipinski definition) is 4. The number of primary amides is 1. The number of nitrogens with two attached hydrogens (primary N) is 1. The number of carbonyl (C=O) groups is 1. The second-order valence-electron chi connectivity index (χ2n) is 7.41. The smallest absolute Gasteiger partial charge is 0.338 e. The van der Waals surface area contributed by atoms with Crippen molar-refractivity contribution in [1.29, 1.82) is 0 Å². The summed E-state index contributed by atoms with van der Waals surface area (Å²) in [4.78, 5) is 15.8. The fourth-order valence-corrected chi connectivity index (χ4v) is 3.97. The van der Waals surface area contributed by atoms with Crippen LogP contribution < -0.4 is 5.73 Å². The largest absolute Gasteiger partial charge is 0.350 e. The van der Waals surface area contributed by atoms with Crippen LogP contribution in [-0.4, -0.2) is 65.4 Å². The van der Waals surface area contributed by atoms with Crippen LogP contribution in [0.15, 0.2) is 54.6 Å². The van der Waals surface area contributed by atoms with E-state index in [1.807, 2.05) is 18.2 Å². The van der Waals surface area contributed by atoms with Gasteiger partial charge in [0.05, 0.1) is 12.6 Å². The molecule has 2 aromatic rings. The van der Waals surface area contributed by atoms with Gasteiger partial charge in [0.1, 0.15) is 0 Å². The Morgan fingerprint density at radius 1 is 1.00 bits per heavy atom. The molecule has 0 bridgehead atoms. The first kappa shape index (κ1) is 24.2. The Kier molecular flexibility index (Phi) is 9.59. The Balaban J connectivity index is 0.00000320. The first-order valence-corrected chi connectivity index (χ1v) is 10.4. The minimum atomic E-state index is -0.798. The Hall–Kier alpha value is -2.12. The van der Waals surface area contributed by atoms with E-state index in [2.05, 4.69) is 46.2 Å². The van der Waals surface area contributed by atoms with Gasteiger partial charge in [0, 0.05) is 31.2 Å². The molecule has 2 amide bonds. The lowest BCUT2D eigenvalue weighted by Gasteiger charge is -2.40. The van der Waals surface area contributed by atoms with Crippen LogP contribution in [0.3, 0.4) is 0 Å². The number of rotatable bonds is 8. The molecule has 6 nitrogen and oxygen atoms in total. The first-order chi connectivity index (χ1) is 14.0. The summed E-state index contributed by atoms with van der Waals surface area (Å²) in [5.74, 6) is 0. The Labute approximate surface area is 184 Å². The van der Waals surface area contributed by atoms with Gasteiger partial charge in [-0.25, -0.2) is 9.86 Å². The third-order valence-corrected chi connectivity index (χ3v) is 5.67. The van der Waals surface area contributed by atoms with Crippen LogP contribution in [0.5, 0.6) is 0 Å². The summed E-state index contributed by atoms with van der Waals surface area (Å²) in [7, 11) is 0. The zero-order chi connectivity index (χ0) is 20.6. The highest BCUT2D eigenvalue weighted by atomic mass is 35.5. The summed E-state index contributed by atoms with van der Waals surface area (Å²) in [6.07, 6.45) is 1.65. The number of carbonyl (C=O) groups excluding carboxylic acids is 1. The van der Waals surface area contributed by atoms with Gasteiger partial charge < -0.3 is 10.6 Å². The molecule has 1 fully saturated rings. The molecular weight excluding hydrogens is 400 g/mol. The molecule has 0 radical (unpaired) electrons. The summed E-state index contributed by atoms with van der Waals surface area (Å²) in [6.45, 7) is 5.19. The van der Waals surface area contributed by atoms with Crippen molar-refractivity contribution in [2.45, 2.75) is 26.3 Å². The molecule has 1 aliphatic heterocycles. The number of hydrogen-bond donors (Lipinski definition) is 2. The predicted molar refractivity (Wildman–Crippen MR) is 122 cm³/mol. The van der Waals surface area contributed by atoms with E-state index < -0.39 is 6.03 Å². The highest BCUT2D eigenvalue weighted by Gasteiger charge is 2.26. The lowest BCUT2D eigenvalue weighted by Crippen LogP contribution is -2.48. The minimum Gasteiger partial charge on any atom is -0.350 e. The SMILES string of the molecule is C.NC(=O)N(O)CCCCN1CCN([C@H](c2ccccc2)c2ccc(Cl)cc2)CC1. The van der Waals surface area contributed by atoms with Crippen LogP contribution in [0.1, 0.15) is 37.4 Å². The monoisotopic (exact) mass is 432 g/mol. The van der Waals surface area contributed by atoms with Crippen LogP contribution in [0.2, 0.25) is 5.02 Å². The van der Waals surface area contributed by atoms with Crippen LogP contribution in [-0.2, 0) is 0 Å². The van der Waals surface area contributed by atoms with Crippen LogP contribution >= 0.6 is 11.6 Å². The number of piperazine rings is 1. The third kappa shape index (κ3) is 6.71. The second-order valence-corrected chi connectivity index (χ2v) is 7.85. The summed E-state index contributed by atoms with van der Waals surface area (Å²) < 4.78 is 0. The number of amides is 2. The van der Waals surface area contributed by atoms with Crippen molar-refractivity contribution in [3.05, 3.63) is 70.7 Å². The molecule has 0 spiro atoms. The fraction of sp³-hybridized carbons (Fsp3) is 0.435. The van der Waals surface area contributed by atoms with Gasteiger partial charge in [-0.2, -0.15) is 0 Å². The minimum absolute atomic E-state index is 0. The van der Waals surface area contributed by atoms with E-state index in [1.165, 1.54) is 11.1 Å². The predicted octanol–water partition coefficient (Wildman–Crippen LogP) is 4.23. The van der Waals surface area contributed by atoms with Crippen LogP contribution in [0, 0.1) is 0 Å². The van der Waals surface area contributed by atoms with Crippen LogP contribution in [0.4, 0.5) is 4.79 Å². The molecule has 3 rings (SSSR count). The van der Waals surface area contributed by atoms with Crippen molar-refractivity contribution in [2.24, 2.45) is 5.73 Å².